The van der Waals surface area contributed by atoms with Crippen molar-refractivity contribution in [3.8, 4) is 0 Å². The van der Waals surface area contributed by atoms with Gasteiger partial charge in [0, 0.05) is 19.4 Å². The Hall–Kier alpha value is -1.16. The molecule has 0 fully saturated rings. The number of nitrogens with one attached hydrogen (secondary N) is 2. The quantitative estimate of drug-likeness (QED) is 0.546. The summed E-state index contributed by atoms with van der Waals surface area (Å²) >= 11 is 0. The van der Waals surface area contributed by atoms with Gasteiger partial charge < -0.3 is 5.43 Å². The van der Waals surface area contributed by atoms with Crippen molar-refractivity contribution in [2.24, 2.45) is 0 Å². The number of anilines is 1. The number of hydrogen-bond donors (Lipinski definition) is 2. The van der Waals surface area contributed by atoms with Gasteiger partial charge in [0.05, 0.1) is 6.20 Å². The Labute approximate surface area is 53.3 Å². The summed E-state index contributed by atoms with van der Waals surface area (Å²) in [6.45, 7) is 0. The molecule has 1 aromatic heterocycles. The Kier molecular flexibility index (Phi) is 1.98. The average molecular weight is 124 g/mol. The second-order valence-electron chi connectivity index (χ2n) is 1.47. The second kappa shape index (κ2) is 2.99. The summed E-state index contributed by atoms with van der Waals surface area (Å²) in [6, 6.07) is 0. The van der Waals surface area contributed by atoms with E-state index in [0.717, 1.165) is 5.82 Å². The van der Waals surface area contributed by atoms with E-state index < -0.39 is 0 Å². The summed E-state index contributed by atoms with van der Waals surface area (Å²) < 4.78 is 0. The zero-order chi connectivity index (χ0) is 6.53. The lowest BCUT2D eigenvalue weighted by Gasteiger charge is -1.98. The van der Waals surface area contributed by atoms with Crippen LogP contribution in [0.2, 0.25) is 0 Å². The normalized spacial score (nSPS) is 9.00. The monoisotopic (exact) mass is 124 g/mol. The minimum absolute atomic E-state index is 0.722. The molecule has 1 aromatic rings. The summed E-state index contributed by atoms with van der Waals surface area (Å²) in [5.41, 5.74) is 5.52. The maximum absolute atomic E-state index is 3.93. The molecular weight excluding hydrogens is 116 g/mol. The fourth-order valence-electron chi connectivity index (χ4n) is 0.492. The van der Waals surface area contributed by atoms with Gasteiger partial charge in [-0.05, 0) is 0 Å². The lowest BCUT2D eigenvalue weighted by Crippen LogP contribution is -2.15. The van der Waals surface area contributed by atoms with Crippen LogP contribution < -0.4 is 10.9 Å². The number of rotatable bonds is 2. The molecule has 0 unspecified atom stereocenters. The maximum Gasteiger partial charge on any atom is 0.158 e. The molecule has 0 aliphatic rings. The van der Waals surface area contributed by atoms with Crippen LogP contribution in [-0.4, -0.2) is 17.0 Å². The van der Waals surface area contributed by atoms with Crippen molar-refractivity contribution in [1.29, 1.82) is 0 Å². The van der Waals surface area contributed by atoms with E-state index in [9.17, 15) is 0 Å². The molecule has 0 radical (unpaired) electrons. The third kappa shape index (κ3) is 1.65. The first-order valence-corrected chi connectivity index (χ1v) is 2.62. The van der Waals surface area contributed by atoms with Gasteiger partial charge in [0.15, 0.2) is 5.82 Å². The predicted octanol–water partition coefficient (Wildman–Crippen LogP) is 0.0229. The minimum atomic E-state index is 0.722. The Morgan fingerprint density at radius 2 is 2.33 bits per heavy atom. The van der Waals surface area contributed by atoms with Gasteiger partial charge in [-0.3, -0.25) is 4.98 Å². The molecule has 4 nitrogen and oxygen atoms in total. The minimum Gasteiger partial charge on any atom is -0.305 e. The highest BCUT2D eigenvalue weighted by molar-refractivity contribution is 5.27. The lowest BCUT2D eigenvalue weighted by atomic mass is 10.7. The van der Waals surface area contributed by atoms with E-state index in [-0.39, 0.29) is 0 Å². The van der Waals surface area contributed by atoms with Gasteiger partial charge in [0.25, 0.3) is 0 Å². The molecule has 4 heteroatoms. The molecule has 0 saturated heterocycles. The molecule has 1 heterocycles. The molecule has 0 atom stereocenters. The van der Waals surface area contributed by atoms with Crippen LogP contribution >= 0.6 is 0 Å². The van der Waals surface area contributed by atoms with Crippen LogP contribution in [0.3, 0.4) is 0 Å². The van der Waals surface area contributed by atoms with E-state index in [1.165, 1.54) is 0 Å². The first-order valence-electron chi connectivity index (χ1n) is 2.62. The molecule has 48 valence electrons. The van der Waals surface area contributed by atoms with Crippen molar-refractivity contribution >= 4 is 5.82 Å². The smallest absolute Gasteiger partial charge is 0.158 e. The van der Waals surface area contributed by atoms with E-state index in [4.69, 9.17) is 0 Å². The van der Waals surface area contributed by atoms with Crippen molar-refractivity contribution < 1.29 is 0 Å². The molecule has 0 saturated carbocycles. The van der Waals surface area contributed by atoms with E-state index in [2.05, 4.69) is 20.8 Å². The topological polar surface area (TPSA) is 49.8 Å². The van der Waals surface area contributed by atoms with Crippen LogP contribution in [0.25, 0.3) is 0 Å². The molecule has 0 aliphatic heterocycles. The first-order chi connectivity index (χ1) is 4.43. The van der Waals surface area contributed by atoms with Crippen LogP contribution in [0.4, 0.5) is 5.82 Å². The van der Waals surface area contributed by atoms with E-state index >= 15 is 0 Å². The molecule has 2 N–H and O–H groups in total. The van der Waals surface area contributed by atoms with Gasteiger partial charge in [-0.15, -0.1) is 0 Å². The van der Waals surface area contributed by atoms with E-state index in [1.807, 2.05) is 0 Å². The van der Waals surface area contributed by atoms with E-state index in [1.54, 1.807) is 25.6 Å². The first kappa shape index (κ1) is 5.97. The van der Waals surface area contributed by atoms with Gasteiger partial charge >= 0.3 is 0 Å². The molecule has 0 amide bonds. The summed E-state index contributed by atoms with van der Waals surface area (Å²) in [7, 11) is 1.77. The summed E-state index contributed by atoms with van der Waals surface area (Å²) in [4.78, 5) is 7.77. The molecule has 9 heavy (non-hydrogen) atoms. The van der Waals surface area contributed by atoms with Crippen LogP contribution in [0.5, 0.6) is 0 Å². The second-order valence-corrected chi connectivity index (χ2v) is 1.47. The summed E-state index contributed by atoms with van der Waals surface area (Å²) in [5.74, 6) is 0.722. The van der Waals surface area contributed by atoms with Crippen molar-refractivity contribution in [2.45, 2.75) is 0 Å². The van der Waals surface area contributed by atoms with Crippen LogP contribution in [-0.2, 0) is 0 Å². The average Bonchev–Trinajstić information content (AvgIpc) is 1.91. The molecular formula is C5H8N4. The Morgan fingerprint density at radius 1 is 1.44 bits per heavy atom. The van der Waals surface area contributed by atoms with Crippen LogP contribution in [0.15, 0.2) is 18.6 Å². The highest BCUT2D eigenvalue weighted by atomic mass is 15.4. The van der Waals surface area contributed by atoms with Gasteiger partial charge in [-0.2, -0.15) is 0 Å². The maximum atomic E-state index is 3.93. The predicted molar refractivity (Wildman–Crippen MR) is 34.7 cm³/mol. The van der Waals surface area contributed by atoms with Crippen LogP contribution in [0.1, 0.15) is 0 Å². The fraction of sp³-hybridized carbons (Fsp3) is 0.200. The highest BCUT2D eigenvalue weighted by Gasteiger charge is 1.84. The van der Waals surface area contributed by atoms with E-state index in [0.29, 0.717) is 0 Å². The molecule has 0 aromatic carbocycles. The Bertz CT molecular complexity index is 162. The molecule has 0 spiro atoms. The number of hydrogen-bond acceptors (Lipinski definition) is 4. The molecule has 1 rings (SSSR count). The summed E-state index contributed by atoms with van der Waals surface area (Å²) in [5, 5.41) is 0. The standard InChI is InChI=1S/C5H8N4/c1-6-9-5-4-7-2-3-8-5/h2-4,6H,1H3,(H,8,9). The van der Waals surface area contributed by atoms with Crippen LogP contribution in [0, 0.1) is 0 Å². The van der Waals surface area contributed by atoms with Crippen molar-refractivity contribution in [3.63, 3.8) is 0 Å². The highest BCUT2D eigenvalue weighted by Crippen LogP contribution is 1.91. The van der Waals surface area contributed by atoms with Crippen molar-refractivity contribution in [3.05, 3.63) is 18.6 Å². The fourth-order valence-corrected chi connectivity index (χ4v) is 0.492. The molecule has 0 bridgehead atoms. The zero-order valence-electron chi connectivity index (χ0n) is 5.13. The lowest BCUT2D eigenvalue weighted by molar-refractivity contribution is 0.957. The van der Waals surface area contributed by atoms with Gasteiger partial charge in [-0.1, -0.05) is 0 Å². The third-order valence-electron chi connectivity index (χ3n) is 0.816. The van der Waals surface area contributed by atoms with Gasteiger partial charge in [0.2, 0.25) is 0 Å². The zero-order valence-corrected chi connectivity index (χ0v) is 5.13. The number of aromatic nitrogens is 2. The van der Waals surface area contributed by atoms with Gasteiger partial charge in [0.1, 0.15) is 0 Å². The Balaban J connectivity index is 2.61. The van der Waals surface area contributed by atoms with Gasteiger partial charge in [-0.25, -0.2) is 10.4 Å². The number of hydrazine groups is 1. The third-order valence-corrected chi connectivity index (χ3v) is 0.816. The Morgan fingerprint density at radius 3 is 2.89 bits per heavy atom. The summed E-state index contributed by atoms with van der Waals surface area (Å²) in [6.07, 6.45) is 4.89. The number of nitrogens with zero attached hydrogens (tertiary/aromatic N) is 2. The van der Waals surface area contributed by atoms with Crippen molar-refractivity contribution in [1.82, 2.24) is 15.4 Å². The largest absolute Gasteiger partial charge is 0.305 e. The van der Waals surface area contributed by atoms with Crippen molar-refractivity contribution in [2.75, 3.05) is 12.5 Å². The molecule has 0 aliphatic carbocycles. The SMILES string of the molecule is CNNc1cnccn1.